The number of benzene rings is 1. The quantitative estimate of drug-likeness (QED) is 0.468. The number of thiophene rings is 1. The Hall–Kier alpha value is -2.09. The Morgan fingerprint density at radius 3 is 2.84 bits per heavy atom. The van der Waals surface area contributed by atoms with Crippen molar-refractivity contribution < 1.29 is 4.79 Å². The summed E-state index contributed by atoms with van der Waals surface area (Å²) in [7, 11) is 0. The standard InChI is InChI=1S/C17H15ClN4OS2/c1-2-9-22-16(17(23)19-13-7-5-12(18)6-8-13)14(20-21-22)11-25-15-4-3-10-24-15/h2-8,10H,1,9,11H2,(H,19,23). The molecule has 3 rings (SSSR count). The topological polar surface area (TPSA) is 59.8 Å². The van der Waals surface area contributed by atoms with Gasteiger partial charge in [-0.2, -0.15) is 0 Å². The van der Waals surface area contributed by atoms with Gasteiger partial charge in [-0.05, 0) is 35.7 Å². The number of nitrogens with one attached hydrogen (secondary N) is 1. The minimum Gasteiger partial charge on any atom is -0.321 e. The molecule has 2 heterocycles. The molecule has 0 saturated carbocycles. The van der Waals surface area contributed by atoms with Gasteiger partial charge in [0.15, 0.2) is 5.69 Å². The van der Waals surface area contributed by atoms with Crippen LogP contribution in [0.15, 0.2) is 58.6 Å². The molecule has 0 spiro atoms. The second kappa shape index (κ2) is 8.33. The molecule has 2 aromatic heterocycles. The molecule has 0 unspecified atom stereocenters. The third-order valence-electron chi connectivity index (χ3n) is 3.27. The average molecular weight is 391 g/mol. The Bertz CT molecular complexity index is 859. The van der Waals surface area contributed by atoms with Crippen LogP contribution in [0.4, 0.5) is 5.69 Å². The summed E-state index contributed by atoms with van der Waals surface area (Å²) in [5, 5.41) is 13.8. The van der Waals surface area contributed by atoms with E-state index in [1.54, 1.807) is 58.1 Å². The van der Waals surface area contributed by atoms with Crippen molar-refractivity contribution in [2.75, 3.05) is 5.32 Å². The molecule has 1 N–H and O–H groups in total. The van der Waals surface area contributed by atoms with Crippen molar-refractivity contribution in [3.63, 3.8) is 0 Å². The van der Waals surface area contributed by atoms with Crippen LogP contribution in [0.5, 0.6) is 0 Å². The van der Waals surface area contributed by atoms with Crippen LogP contribution >= 0.6 is 34.7 Å². The molecule has 25 heavy (non-hydrogen) atoms. The van der Waals surface area contributed by atoms with Gasteiger partial charge in [0.2, 0.25) is 0 Å². The molecule has 128 valence electrons. The summed E-state index contributed by atoms with van der Waals surface area (Å²) in [6.45, 7) is 4.12. The highest BCUT2D eigenvalue weighted by atomic mass is 35.5. The SMILES string of the molecule is C=CCn1nnc(CSc2cccs2)c1C(=O)Nc1ccc(Cl)cc1. The number of aromatic nitrogens is 3. The van der Waals surface area contributed by atoms with E-state index in [1.165, 1.54) is 4.21 Å². The van der Waals surface area contributed by atoms with Gasteiger partial charge in [-0.1, -0.05) is 29.0 Å². The maximum absolute atomic E-state index is 12.8. The number of amides is 1. The fourth-order valence-electron chi connectivity index (χ4n) is 2.15. The van der Waals surface area contributed by atoms with Gasteiger partial charge < -0.3 is 5.32 Å². The second-order valence-corrected chi connectivity index (χ2v) is 7.70. The van der Waals surface area contributed by atoms with E-state index in [4.69, 9.17) is 11.6 Å². The van der Waals surface area contributed by atoms with E-state index in [0.717, 1.165) is 0 Å². The first-order chi connectivity index (χ1) is 12.2. The van der Waals surface area contributed by atoms with E-state index >= 15 is 0 Å². The Kier molecular flexibility index (Phi) is 5.91. The van der Waals surface area contributed by atoms with E-state index < -0.39 is 0 Å². The highest BCUT2D eigenvalue weighted by Crippen LogP contribution is 2.27. The van der Waals surface area contributed by atoms with Gasteiger partial charge >= 0.3 is 0 Å². The minimum absolute atomic E-state index is 0.254. The predicted octanol–water partition coefficient (Wildman–Crippen LogP) is 4.72. The summed E-state index contributed by atoms with van der Waals surface area (Å²) in [5.74, 6) is 0.317. The van der Waals surface area contributed by atoms with Crippen molar-refractivity contribution in [2.45, 2.75) is 16.5 Å². The van der Waals surface area contributed by atoms with Crippen LogP contribution in [0, 0.1) is 0 Å². The number of allylic oxidation sites excluding steroid dienone is 1. The molecule has 0 aliphatic heterocycles. The number of nitrogens with zero attached hydrogens (tertiary/aromatic N) is 3. The Morgan fingerprint density at radius 1 is 1.36 bits per heavy atom. The van der Waals surface area contributed by atoms with Crippen LogP contribution in [0.3, 0.4) is 0 Å². The summed E-state index contributed by atoms with van der Waals surface area (Å²) >= 11 is 9.17. The number of hydrogen-bond donors (Lipinski definition) is 1. The Labute approximate surface area is 158 Å². The molecule has 0 atom stereocenters. The molecule has 0 saturated heterocycles. The lowest BCUT2D eigenvalue weighted by molar-refractivity contribution is 0.101. The molecular formula is C17H15ClN4OS2. The number of carbonyl (C=O) groups excluding carboxylic acids is 1. The summed E-state index contributed by atoms with van der Waals surface area (Å²) in [5.41, 5.74) is 1.75. The molecule has 0 aliphatic carbocycles. The van der Waals surface area contributed by atoms with Crippen LogP contribution < -0.4 is 5.32 Å². The van der Waals surface area contributed by atoms with E-state index in [0.29, 0.717) is 34.4 Å². The summed E-state index contributed by atoms with van der Waals surface area (Å²) in [6.07, 6.45) is 1.68. The van der Waals surface area contributed by atoms with Crippen LogP contribution in [0.2, 0.25) is 5.02 Å². The normalized spacial score (nSPS) is 10.6. The van der Waals surface area contributed by atoms with E-state index in [2.05, 4.69) is 22.2 Å². The molecule has 1 aromatic carbocycles. The van der Waals surface area contributed by atoms with Gasteiger partial charge in [0.25, 0.3) is 5.91 Å². The first-order valence-electron chi connectivity index (χ1n) is 7.44. The van der Waals surface area contributed by atoms with Crippen LogP contribution in [-0.2, 0) is 12.3 Å². The first-order valence-corrected chi connectivity index (χ1v) is 9.68. The smallest absolute Gasteiger partial charge is 0.275 e. The fraction of sp³-hybridized carbons (Fsp3) is 0.118. The van der Waals surface area contributed by atoms with Crippen LogP contribution in [0.1, 0.15) is 16.2 Å². The maximum Gasteiger partial charge on any atom is 0.275 e. The number of rotatable bonds is 7. The van der Waals surface area contributed by atoms with Gasteiger partial charge in [0.05, 0.1) is 10.8 Å². The summed E-state index contributed by atoms with van der Waals surface area (Å²) in [4.78, 5) is 12.8. The third-order valence-corrected chi connectivity index (χ3v) is 5.66. The molecule has 0 aliphatic rings. The molecule has 0 radical (unpaired) electrons. The van der Waals surface area contributed by atoms with Gasteiger partial charge in [0.1, 0.15) is 5.69 Å². The number of halogens is 1. The van der Waals surface area contributed by atoms with Crippen molar-refractivity contribution in [1.82, 2.24) is 15.0 Å². The number of carbonyl (C=O) groups is 1. The summed E-state index contributed by atoms with van der Waals surface area (Å²) < 4.78 is 2.73. The first kappa shape index (κ1) is 17.7. The van der Waals surface area contributed by atoms with Gasteiger partial charge in [-0.25, -0.2) is 4.68 Å². The lowest BCUT2D eigenvalue weighted by atomic mass is 10.2. The van der Waals surface area contributed by atoms with E-state index in [-0.39, 0.29) is 5.91 Å². The van der Waals surface area contributed by atoms with Crippen LogP contribution in [-0.4, -0.2) is 20.9 Å². The predicted molar refractivity (Wildman–Crippen MR) is 104 cm³/mol. The highest BCUT2D eigenvalue weighted by Gasteiger charge is 2.20. The van der Waals surface area contributed by atoms with Crippen molar-refractivity contribution in [2.24, 2.45) is 0 Å². The monoisotopic (exact) mass is 390 g/mol. The van der Waals surface area contributed by atoms with E-state index in [9.17, 15) is 4.79 Å². The molecule has 5 nitrogen and oxygen atoms in total. The lowest BCUT2D eigenvalue weighted by Gasteiger charge is -2.08. The molecule has 0 fully saturated rings. The van der Waals surface area contributed by atoms with Gasteiger partial charge in [-0.3, -0.25) is 4.79 Å². The van der Waals surface area contributed by atoms with Crippen LogP contribution in [0.25, 0.3) is 0 Å². The highest BCUT2D eigenvalue weighted by molar-refractivity contribution is 8.00. The lowest BCUT2D eigenvalue weighted by Crippen LogP contribution is -2.19. The fourth-order valence-corrected chi connectivity index (χ4v) is 3.99. The zero-order chi connectivity index (χ0) is 17.6. The molecular weight excluding hydrogens is 376 g/mol. The maximum atomic E-state index is 12.8. The molecule has 1 amide bonds. The minimum atomic E-state index is -0.254. The van der Waals surface area contributed by atoms with Gasteiger partial charge in [0, 0.05) is 16.5 Å². The van der Waals surface area contributed by atoms with Crippen molar-refractivity contribution in [1.29, 1.82) is 0 Å². The van der Waals surface area contributed by atoms with Crippen molar-refractivity contribution >= 4 is 46.3 Å². The van der Waals surface area contributed by atoms with Crippen molar-refractivity contribution in [3.05, 3.63) is 70.8 Å². The Morgan fingerprint density at radius 2 is 2.16 bits per heavy atom. The number of hydrogen-bond acceptors (Lipinski definition) is 5. The average Bonchev–Trinajstić information content (AvgIpc) is 3.25. The largest absolute Gasteiger partial charge is 0.321 e. The van der Waals surface area contributed by atoms with Gasteiger partial charge in [-0.15, -0.1) is 34.8 Å². The zero-order valence-corrected chi connectivity index (χ0v) is 15.6. The molecule has 0 bridgehead atoms. The molecule has 8 heteroatoms. The van der Waals surface area contributed by atoms with Crippen molar-refractivity contribution in [3.8, 4) is 0 Å². The molecule has 3 aromatic rings. The second-order valence-electron chi connectivity index (χ2n) is 5.04. The van der Waals surface area contributed by atoms with E-state index in [1.807, 2.05) is 17.5 Å². The zero-order valence-electron chi connectivity index (χ0n) is 13.2. The Balaban J connectivity index is 1.81. The third kappa shape index (κ3) is 4.50. The number of thioether (sulfide) groups is 1. The summed E-state index contributed by atoms with van der Waals surface area (Å²) in [6, 6.07) is 11.0. The number of anilines is 1.